The van der Waals surface area contributed by atoms with Crippen molar-refractivity contribution in [2.24, 2.45) is 0 Å². The van der Waals surface area contributed by atoms with Crippen molar-refractivity contribution < 1.29 is 14.3 Å². The topological polar surface area (TPSA) is 47.6 Å². The normalized spacial score (nSPS) is 22.2. The molecule has 4 nitrogen and oxygen atoms in total. The minimum absolute atomic E-state index is 0.154. The van der Waals surface area contributed by atoms with Gasteiger partial charge < -0.3 is 14.8 Å². The molecule has 0 aromatic heterocycles. The van der Waals surface area contributed by atoms with Gasteiger partial charge in [-0.3, -0.25) is 4.79 Å². The number of ketones is 1. The third kappa shape index (κ3) is 4.69. The third-order valence-corrected chi connectivity index (χ3v) is 2.08. The number of morpholine rings is 1. The maximum absolute atomic E-state index is 11.4. The number of ether oxygens (including phenoxy) is 2. The first kappa shape index (κ1) is 11.6. The maximum atomic E-state index is 11.4. The predicted molar refractivity (Wildman–Crippen MR) is 53.3 cm³/mol. The summed E-state index contributed by atoms with van der Waals surface area (Å²) in [5.74, 6) is 0.154. The van der Waals surface area contributed by atoms with E-state index in [0.29, 0.717) is 19.6 Å². The molecule has 1 atom stereocenters. The molecule has 0 aliphatic carbocycles. The van der Waals surface area contributed by atoms with Gasteiger partial charge >= 0.3 is 0 Å². The lowest BCUT2D eigenvalue weighted by atomic mass is 10.1. The summed E-state index contributed by atoms with van der Waals surface area (Å²) in [4.78, 5) is 11.4. The summed E-state index contributed by atoms with van der Waals surface area (Å²) in [6.07, 6.45) is 1.47. The summed E-state index contributed by atoms with van der Waals surface area (Å²) in [6.45, 7) is 5.16. The van der Waals surface area contributed by atoms with Crippen LogP contribution >= 0.6 is 0 Å². The molecular formula is C10H19NO3. The zero-order valence-corrected chi connectivity index (χ0v) is 8.75. The fourth-order valence-corrected chi connectivity index (χ4v) is 1.41. The van der Waals surface area contributed by atoms with Crippen LogP contribution in [0.2, 0.25) is 0 Å². The van der Waals surface area contributed by atoms with E-state index in [-0.39, 0.29) is 18.4 Å². The van der Waals surface area contributed by atoms with E-state index in [1.807, 2.05) is 6.92 Å². The minimum atomic E-state index is 0.154. The van der Waals surface area contributed by atoms with Gasteiger partial charge in [0.25, 0.3) is 0 Å². The van der Waals surface area contributed by atoms with E-state index in [1.54, 1.807) is 0 Å². The first-order valence-electron chi connectivity index (χ1n) is 5.23. The summed E-state index contributed by atoms with van der Waals surface area (Å²) in [6, 6.07) is 0.182. The lowest BCUT2D eigenvalue weighted by Gasteiger charge is -2.22. The van der Waals surface area contributed by atoms with E-state index in [1.165, 1.54) is 0 Å². The van der Waals surface area contributed by atoms with E-state index in [9.17, 15) is 4.79 Å². The number of rotatable bonds is 6. The summed E-state index contributed by atoms with van der Waals surface area (Å²) in [7, 11) is 0. The number of hydrogen-bond acceptors (Lipinski definition) is 4. The number of Topliss-reactive ketones (excluding diaryl/α,β-unsaturated/α-hetero) is 1. The maximum Gasteiger partial charge on any atom is 0.160 e. The van der Waals surface area contributed by atoms with Crippen LogP contribution < -0.4 is 5.32 Å². The highest BCUT2D eigenvalue weighted by Gasteiger charge is 2.16. The van der Waals surface area contributed by atoms with E-state index in [0.717, 1.165) is 19.6 Å². The van der Waals surface area contributed by atoms with Gasteiger partial charge in [-0.2, -0.15) is 0 Å². The molecule has 0 bridgehead atoms. The molecule has 1 saturated heterocycles. The van der Waals surface area contributed by atoms with E-state index in [2.05, 4.69) is 5.32 Å². The van der Waals surface area contributed by atoms with Gasteiger partial charge in [-0.15, -0.1) is 0 Å². The van der Waals surface area contributed by atoms with Gasteiger partial charge in [0.15, 0.2) is 5.78 Å². The van der Waals surface area contributed by atoms with Crippen molar-refractivity contribution in [1.29, 1.82) is 0 Å². The van der Waals surface area contributed by atoms with Crippen molar-refractivity contribution in [3.05, 3.63) is 0 Å². The van der Waals surface area contributed by atoms with Gasteiger partial charge in [0.2, 0.25) is 0 Å². The fraction of sp³-hybridized carbons (Fsp3) is 0.900. The van der Waals surface area contributed by atoms with Crippen molar-refractivity contribution in [2.75, 3.05) is 33.0 Å². The Kier molecular flexibility index (Phi) is 5.75. The second-order valence-corrected chi connectivity index (χ2v) is 3.52. The van der Waals surface area contributed by atoms with Crippen LogP contribution in [0.5, 0.6) is 0 Å². The van der Waals surface area contributed by atoms with Crippen LogP contribution in [0.15, 0.2) is 0 Å². The van der Waals surface area contributed by atoms with Crippen molar-refractivity contribution >= 4 is 5.78 Å². The van der Waals surface area contributed by atoms with Crippen molar-refractivity contribution in [1.82, 2.24) is 5.32 Å². The molecule has 1 N–H and O–H groups in total. The molecule has 1 aliphatic heterocycles. The van der Waals surface area contributed by atoms with Crippen LogP contribution in [0.1, 0.15) is 19.8 Å². The van der Waals surface area contributed by atoms with Crippen LogP contribution in [0.25, 0.3) is 0 Å². The molecule has 0 radical (unpaired) electrons. The van der Waals surface area contributed by atoms with Gasteiger partial charge in [-0.05, 0) is 6.42 Å². The molecule has 14 heavy (non-hydrogen) atoms. The third-order valence-electron chi connectivity index (χ3n) is 2.08. The summed E-state index contributed by atoms with van der Waals surface area (Å²) in [5, 5.41) is 3.24. The molecule has 4 heteroatoms. The van der Waals surface area contributed by atoms with E-state index >= 15 is 0 Å². The van der Waals surface area contributed by atoms with Gasteiger partial charge in [-0.25, -0.2) is 0 Å². The van der Waals surface area contributed by atoms with Crippen LogP contribution in [0.4, 0.5) is 0 Å². The summed E-state index contributed by atoms with van der Waals surface area (Å²) in [5.41, 5.74) is 0. The van der Waals surface area contributed by atoms with Gasteiger partial charge in [0.05, 0.1) is 13.2 Å². The molecule has 0 aromatic rings. The van der Waals surface area contributed by atoms with E-state index < -0.39 is 0 Å². The monoisotopic (exact) mass is 201 g/mol. The van der Waals surface area contributed by atoms with Gasteiger partial charge in [-0.1, -0.05) is 6.92 Å². The average molecular weight is 201 g/mol. The standard InChI is InChI=1S/C10H19NO3/c1-2-4-13-8-10(12)6-9-7-14-5-3-11-9/h9,11H,2-8H2,1H3. The predicted octanol–water partition coefficient (Wildman–Crippen LogP) is 0.361. The minimum Gasteiger partial charge on any atom is -0.379 e. The lowest BCUT2D eigenvalue weighted by Crippen LogP contribution is -2.42. The Balaban J connectivity index is 2.06. The Hall–Kier alpha value is -0.450. The molecule has 0 aromatic carbocycles. The highest BCUT2D eigenvalue weighted by molar-refractivity contribution is 5.80. The van der Waals surface area contributed by atoms with E-state index in [4.69, 9.17) is 9.47 Å². The summed E-state index contributed by atoms with van der Waals surface area (Å²) < 4.78 is 10.4. The molecule has 1 unspecified atom stereocenters. The second kappa shape index (κ2) is 6.92. The van der Waals surface area contributed by atoms with Crippen molar-refractivity contribution in [3.63, 3.8) is 0 Å². The second-order valence-electron chi connectivity index (χ2n) is 3.52. The smallest absolute Gasteiger partial charge is 0.160 e. The van der Waals surface area contributed by atoms with Gasteiger partial charge in [0, 0.05) is 25.6 Å². The van der Waals surface area contributed by atoms with Crippen molar-refractivity contribution in [2.45, 2.75) is 25.8 Å². The highest BCUT2D eigenvalue weighted by atomic mass is 16.5. The van der Waals surface area contributed by atoms with Gasteiger partial charge in [0.1, 0.15) is 6.61 Å². The average Bonchev–Trinajstić information content (AvgIpc) is 2.20. The Morgan fingerprint density at radius 1 is 1.64 bits per heavy atom. The fourth-order valence-electron chi connectivity index (χ4n) is 1.41. The Morgan fingerprint density at radius 3 is 3.14 bits per heavy atom. The molecule has 0 saturated carbocycles. The lowest BCUT2D eigenvalue weighted by molar-refractivity contribution is -0.124. The molecule has 1 aliphatic rings. The molecule has 1 fully saturated rings. The highest BCUT2D eigenvalue weighted by Crippen LogP contribution is 1.99. The van der Waals surface area contributed by atoms with Crippen LogP contribution in [-0.4, -0.2) is 44.8 Å². The Morgan fingerprint density at radius 2 is 2.50 bits per heavy atom. The molecular weight excluding hydrogens is 182 g/mol. The zero-order chi connectivity index (χ0) is 10.2. The zero-order valence-electron chi connectivity index (χ0n) is 8.75. The number of carbonyl (C=O) groups is 1. The van der Waals surface area contributed by atoms with Crippen LogP contribution in [0.3, 0.4) is 0 Å². The quantitative estimate of drug-likeness (QED) is 0.630. The molecule has 82 valence electrons. The first-order valence-corrected chi connectivity index (χ1v) is 5.23. The number of nitrogens with one attached hydrogen (secondary N) is 1. The molecule has 1 rings (SSSR count). The molecule has 0 amide bonds. The Labute approximate surface area is 85.0 Å². The largest absolute Gasteiger partial charge is 0.379 e. The number of hydrogen-bond donors (Lipinski definition) is 1. The molecule has 0 spiro atoms. The van der Waals surface area contributed by atoms with Crippen molar-refractivity contribution in [3.8, 4) is 0 Å². The summed E-state index contributed by atoms with van der Waals surface area (Å²) >= 11 is 0. The molecule has 1 heterocycles. The number of carbonyl (C=O) groups excluding carboxylic acids is 1. The Bertz CT molecular complexity index is 167. The first-order chi connectivity index (χ1) is 6.83. The SMILES string of the molecule is CCCOCC(=O)CC1COCCN1. The van der Waals surface area contributed by atoms with Crippen LogP contribution in [0, 0.1) is 0 Å². The van der Waals surface area contributed by atoms with Crippen LogP contribution in [-0.2, 0) is 14.3 Å².